The van der Waals surface area contributed by atoms with Crippen molar-refractivity contribution in [2.24, 2.45) is 0 Å². The maximum atomic E-state index is 13.5. The van der Waals surface area contributed by atoms with Gasteiger partial charge in [0.15, 0.2) is 5.11 Å². The molecule has 0 atom stereocenters. The summed E-state index contributed by atoms with van der Waals surface area (Å²) in [6.07, 6.45) is 1.63. The summed E-state index contributed by atoms with van der Waals surface area (Å²) in [5, 5.41) is 5.44. The molecule has 7 heteroatoms. The molecule has 2 amide bonds. The Morgan fingerprint density at radius 2 is 1.69 bits per heavy atom. The van der Waals surface area contributed by atoms with Gasteiger partial charge < -0.3 is 4.57 Å². The van der Waals surface area contributed by atoms with Crippen LogP contribution in [0.15, 0.2) is 72.3 Å². The highest BCUT2D eigenvalue weighted by Crippen LogP contribution is 2.30. The van der Waals surface area contributed by atoms with Gasteiger partial charge in [0.1, 0.15) is 5.57 Å². The van der Waals surface area contributed by atoms with Crippen LogP contribution in [0.25, 0.3) is 22.5 Å². The van der Waals surface area contributed by atoms with Gasteiger partial charge in [-0.15, -0.1) is 0 Å². The zero-order chi connectivity index (χ0) is 24.9. The first-order chi connectivity index (χ1) is 16.8. The van der Waals surface area contributed by atoms with Gasteiger partial charge in [0.05, 0.1) is 11.4 Å². The molecule has 0 aliphatic carbocycles. The third kappa shape index (κ3) is 3.95. The van der Waals surface area contributed by atoms with Crippen molar-refractivity contribution in [1.29, 1.82) is 0 Å². The fourth-order valence-electron chi connectivity index (χ4n) is 4.48. The molecular weight excluding hydrogens is 478 g/mol. The molecule has 0 unspecified atom stereocenters. The molecule has 0 bridgehead atoms. The van der Waals surface area contributed by atoms with E-state index in [0.29, 0.717) is 10.7 Å². The van der Waals surface area contributed by atoms with Crippen molar-refractivity contribution in [3.05, 3.63) is 99.8 Å². The van der Waals surface area contributed by atoms with Gasteiger partial charge in [-0.2, -0.15) is 0 Å². The summed E-state index contributed by atoms with van der Waals surface area (Å²) in [5.41, 5.74) is 5.13. The Kier molecular flexibility index (Phi) is 5.79. The molecule has 5 rings (SSSR count). The quantitative estimate of drug-likeness (QED) is 0.212. The van der Waals surface area contributed by atoms with Crippen LogP contribution in [-0.4, -0.2) is 21.5 Å². The normalized spacial score (nSPS) is 15.3. The molecule has 2 heterocycles. The number of hydrogen-bond acceptors (Lipinski definition) is 3. The predicted octanol–water partition coefficient (Wildman–Crippen LogP) is 6.04. The van der Waals surface area contributed by atoms with Gasteiger partial charge >= 0.3 is 0 Å². The second-order valence-corrected chi connectivity index (χ2v) is 9.35. The zero-order valence-electron chi connectivity index (χ0n) is 19.4. The Bertz CT molecular complexity index is 1580. The van der Waals surface area contributed by atoms with Crippen LogP contribution in [0.5, 0.6) is 0 Å². The number of carbonyl (C=O) groups excluding carboxylic acids is 2. The number of benzene rings is 3. The first kappa shape index (κ1) is 23.0. The van der Waals surface area contributed by atoms with Crippen LogP contribution < -0.4 is 10.2 Å². The molecule has 4 aromatic rings. The van der Waals surface area contributed by atoms with Gasteiger partial charge in [-0.25, -0.2) is 0 Å². The lowest BCUT2D eigenvalue weighted by molar-refractivity contribution is -0.122. The van der Waals surface area contributed by atoms with Gasteiger partial charge in [0.2, 0.25) is 0 Å². The number of halogens is 1. The SMILES string of the molecule is Cc1ccc(N2C(=O)/C(=C/c3cc(C)n(-c4cccc5ccccc45)c3C)C(=O)NC2=S)cc1Cl. The predicted molar refractivity (Wildman–Crippen MR) is 145 cm³/mol. The van der Waals surface area contributed by atoms with Crippen LogP contribution in [0.1, 0.15) is 22.5 Å². The maximum Gasteiger partial charge on any atom is 0.270 e. The fourth-order valence-corrected chi connectivity index (χ4v) is 4.93. The fraction of sp³-hybridized carbons (Fsp3) is 0.107. The molecule has 35 heavy (non-hydrogen) atoms. The monoisotopic (exact) mass is 499 g/mol. The third-order valence-corrected chi connectivity index (χ3v) is 6.98. The highest BCUT2D eigenvalue weighted by molar-refractivity contribution is 7.80. The number of carbonyl (C=O) groups is 2. The van der Waals surface area contributed by atoms with Crippen LogP contribution >= 0.6 is 23.8 Å². The van der Waals surface area contributed by atoms with E-state index in [-0.39, 0.29) is 10.7 Å². The third-order valence-electron chi connectivity index (χ3n) is 6.29. The molecular formula is C28H22ClN3O2S. The number of rotatable bonds is 3. The highest BCUT2D eigenvalue weighted by Gasteiger charge is 2.35. The number of anilines is 1. The lowest BCUT2D eigenvalue weighted by atomic mass is 10.1. The smallest absolute Gasteiger partial charge is 0.270 e. The van der Waals surface area contributed by atoms with Crippen molar-refractivity contribution in [3.63, 3.8) is 0 Å². The Morgan fingerprint density at radius 3 is 2.46 bits per heavy atom. The largest absolute Gasteiger partial charge is 0.317 e. The van der Waals surface area contributed by atoms with Gasteiger partial charge in [-0.3, -0.25) is 19.8 Å². The summed E-state index contributed by atoms with van der Waals surface area (Å²) in [7, 11) is 0. The van der Waals surface area contributed by atoms with Crippen molar-refractivity contribution in [1.82, 2.24) is 9.88 Å². The molecule has 1 fully saturated rings. The van der Waals surface area contributed by atoms with E-state index in [1.165, 1.54) is 4.90 Å². The summed E-state index contributed by atoms with van der Waals surface area (Å²) in [5.74, 6) is -1.02. The number of aromatic nitrogens is 1. The summed E-state index contributed by atoms with van der Waals surface area (Å²) >= 11 is 11.6. The lowest BCUT2D eigenvalue weighted by Crippen LogP contribution is -2.54. The maximum absolute atomic E-state index is 13.5. The molecule has 1 aliphatic heterocycles. The molecule has 3 aromatic carbocycles. The van der Waals surface area contributed by atoms with E-state index in [1.807, 2.05) is 51.1 Å². The second-order valence-electron chi connectivity index (χ2n) is 8.55. The molecule has 174 valence electrons. The van der Waals surface area contributed by atoms with Crippen molar-refractivity contribution in [3.8, 4) is 5.69 Å². The van der Waals surface area contributed by atoms with E-state index in [2.05, 4.69) is 34.1 Å². The van der Waals surface area contributed by atoms with Crippen LogP contribution in [0.2, 0.25) is 5.02 Å². The van der Waals surface area contributed by atoms with E-state index < -0.39 is 11.8 Å². The van der Waals surface area contributed by atoms with Crippen LogP contribution in [-0.2, 0) is 9.59 Å². The number of nitrogens with zero attached hydrogens (tertiary/aromatic N) is 2. The van der Waals surface area contributed by atoms with E-state index in [4.69, 9.17) is 23.8 Å². The van der Waals surface area contributed by atoms with Crippen molar-refractivity contribution >= 4 is 63.3 Å². The molecule has 1 aromatic heterocycles. The van der Waals surface area contributed by atoms with E-state index in [0.717, 1.165) is 39.0 Å². The summed E-state index contributed by atoms with van der Waals surface area (Å²) in [4.78, 5) is 27.6. The Morgan fingerprint density at radius 1 is 0.943 bits per heavy atom. The molecule has 0 spiro atoms. The standard InChI is InChI=1S/C28H22ClN3O2S/c1-16-11-12-21(15-24(16)29)32-27(34)23(26(33)30-28(32)35)14-20-13-17(2)31(18(20)3)25-10-6-8-19-7-4-5-9-22(19)25/h4-15H,1-3H3,(H,30,33,35)/b23-14+. The van der Waals surface area contributed by atoms with Crippen LogP contribution in [0.3, 0.4) is 0 Å². The molecule has 1 N–H and O–H groups in total. The number of thiocarbonyl (C=S) groups is 1. The average Bonchev–Trinajstić information content (AvgIpc) is 3.11. The Hall–Kier alpha value is -3.74. The van der Waals surface area contributed by atoms with Crippen molar-refractivity contribution < 1.29 is 9.59 Å². The molecule has 0 saturated carbocycles. The highest BCUT2D eigenvalue weighted by atomic mass is 35.5. The van der Waals surface area contributed by atoms with Gasteiger partial charge in [-0.05, 0) is 79.8 Å². The number of fused-ring (bicyclic) bond motifs is 1. The first-order valence-electron chi connectivity index (χ1n) is 11.1. The summed E-state index contributed by atoms with van der Waals surface area (Å²) < 4.78 is 2.14. The van der Waals surface area contributed by atoms with Crippen molar-refractivity contribution in [2.75, 3.05) is 4.90 Å². The molecule has 5 nitrogen and oxygen atoms in total. The van der Waals surface area contributed by atoms with Gasteiger partial charge in [0, 0.05) is 21.8 Å². The Labute approximate surface area is 213 Å². The minimum Gasteiger partial charge on any atom is -0.317 e. The van der Waals surface area contributed by atoms with Gasteiger partial charge in [0.25, 0.3) is 11.8 Å². The van der Waals surface area contributed by atoms with Crippen LogP contribution in [0, 0.1) is 20.8 Å². The molecule has 1 aliphatic rings. The van der Waals surface area contributed by atoms with E-state index >= 15 is 0 Å². The number of nitrogens with one attached hydrogen (secondary N) is 1. The number of amides is 2. The first-order valence-corrected chi connectivity index (χ1v) is 11.9. The van der Waals surface area contributed by atoms with Crippen LogP contribution in [0.4, 0.5) is 5.69 Å². The Balaban J connectivity index is 1.60. The van der Waals surface area contributed by atoms with Crippen molar-refractivity contribution in [2.45, 2.75) is 20.8 Å². The number of hydrogen-bond donors (Lipinski definition) is 1. The topological polar surface area (TPSA) is 54.3 Å². The average molecular weight is 500 g/mol. The number of aryl methyl sites for hydroxylation is 2. The molecule has 1 saturated heterocycles. The zero-order valence-corrected chi connectivity index (χ0v) is 21.0. The minimum absolute atomic E-state index is 0.00784. The van der Waals surface area contributed by atoms with Gasteiger partial charge in [-0.1, -0.05) is 54.1 Å². The summed E-state index contributed by atoms with van der Waals surface area (Å²) in [6.45, 7) is 5.87. The lowest BCUT2D eigenvalue weighted by Gasteiger charge is -2.29. The minimum atomic E-state index is -0.524. The van der Waals surface area contributed by atoms with E-state index in [1.54, 1.807) is 18.2 Å². The van der Waals surface area contributed by atoms with E-state index in [9.17, 15) is 9.59 Å². The summed E-state index contributed by atoms with van der Waals surface area (Å²) in [6, 6.07) is 21.6. The molecule has 0 radical (unpaired) electrons. The second kappa shape index (κ2) is 8.80.